The molecular weight excluding hydrogens is 953 g/mol. The van der Waals surface area contributed by atoms with Gasteiger partial charge in [-0.2, -0.15) is 0 Å². The second-order valence-electron chi connectivity index (χ2n) is 20.8. The first kappa shape index (κ1) is 43.8. The van der Waals surface area contributed by atoms with Gasteiger partial charge in [0.25, 0.3) is 0 Å². The van der Waals surface area contributed by atoms with Crippen molar-refractivity contribution >= 4 is 108 Å². The second-order valence-corrected chi connectivity index (χ2v) is 22.9. The molecule has 0 fully saturated rings. The van der Waals surface area contributed by atoms with Crippen molar-refractivity contribution in [2.45, 2.75) is 35.0 Å². The zero-order valence-corrected chi connectivity index (χ0v) is 43.3. The first-order valence-electron chi connectivity index (χ1n) is 26.7. The lowest BCUT2D eigenvalue weighted by atomic mass is 9.80. The number of hydrogen-bond acceptors (Lipinski definition) is 2. The van der Waals surface area contributed by atoms with E-state index >= 15 is 0 Å². The Balaban J connectivity index is 0.727. The lowest BCUT2D eigenvalue weighted by Gasteiger charge is -2.24. The van der Waals surface area contributed by atoms with Gasteiger partial charge in [-0.05, 0) is 164 Å². The maximum Gasteiger partial charge on any atom is 0.0368 e. The third-order valence-electron chi connectivity index (χ3n) is 16.6. The van der Waals surface area contributed by atoms with Crippen molar-refractivity contribution in [3.63, 3.8) is 0 Å². The molecule has 2 heterocycles. The van der Waals surface area contributed by atoms with Crippen molar-refractivity contribution in [3.8, 4) is 44.5 Å². The molecule has 16 rings (SSSR count). The van der Waals surface area contributed by atoms with Gasteiger partial charge < -0.3 is 0 Å². The smallest absolute Gasteiger partial charge is 0.0368 e. The summed E-state index contributed by atoms with van der Waals surface area (Å²) in [5.41, 5.74) is 16.9. The topological polar surface area (TPSA) is 0 Å². The summed E-state index contributed by atoms with van der Waals surface area (Å²) in [5, 5.41) is 16.0. The van der Waals surface area contributed by atoms with E-state index in [9.17, 15) is 0 Å². The molecule has 1 aliphatic heterocycles. The molecule has 12 aromatic carbocycles. The minimum absolute atomic E-state index is 0.291. The molecule has 76 heavy (non-hydrogen) atoms. The van der Waals surface area contributed by atoms with Gasteiger partial charge in [-0.15, -0.1) is 11.3 Å². The summed E-state index contributed by atoms with van der Waals surface area (Å²) in [7, 11) is 0. The molecule has 0 amide bonds. The van der Waals surface area contributed by atoms with E-state index < -0.39 is 0 Å². The highest BCUT2D eigenvalue weighted by Gasteiger charge is 2.26. The van der Waals surface area contributed by atoms with Crippen LogP contribution >= 0.6 is 23.1 Å². The van der Waals surface area contributed by atoms with E-state index in [1.54, 1.807) is 0 Å². The van der Waals surface area contributed by atoms with E-state index in [0.29, 0.717) is 5.92 Å². The summed E-state index contributed by atoms with van der Waals surface area (Å²) in [5.74, 6) is 0.291. The second kappa shape index (κ2) is 17.5. The number of fused-ring (bicyclic) bond motifs is 10. The molecule has 2 aliphatic carbocycles. The van der Waals surface area contributed by atoms with E-state index in [1.165, 1.54) is 156 Å². The third-order valence-corrected chi connectivity index (χ3v) is 18.8. The molecule has 2 heteroatoms. The SMILES string of the molecule is C1=CC(c2c3ccccc3c(C3C=CC(c4ccc5c(c4)sc4cc6c7c(cccc7c45)Sc4cc(-c5ccc(-c7c8ccccc8c(-c8ccccc8)c8ccccc78)cc5)ccc4-6)=CC3)c3ccccc23)=CCC1. The summed E-state index contributed by atoms with van der Waals surface area (Å²) < 4.78 is 2.68. The number of benzene rings is 12. The van der Waals surface area contributed by atoms with Crippen LogP contribution in [0.15, 0.2) is 259 Å². The number of thiophene rings is 1. The molecule has 0 nitrogen and oxygen atoms in total. The highest BCUT2D eigenvalue weighted by Crippen LogP contribution is 2.53. The average Bonchev–Trinajstić information content (AvgIpc) is 3.95. The lowest BCUT2D eigenvalue weighted by molar-refractivity contribution is 0.872. The fourth-order valence-corrected chi connectivity index (χ4v) is 15.6. The zero-order chi connectivity index (χ0) is 49.8. The van der Waals surface area contributed by atoms with Crippen LogP contribution in [0.5, 0.6) is 0 Å². The predicted molar refractivity (Wildman–Crippen MR) is 330 cm³/mol. The minimum atomic E-state index is 0.291. The zero-order valence-electron chi connectivity index (χ0n) is 41.7. The van der Waals surface area contributed by atoms with Gasteiger partial charge in [0.1, 0.15) is 0 Å². The van der Waals surface area contributed by atoms with Crippen LogP contribution in [0.1, 0.15) is 41.9 Å². The normalized spacial score (nSPS) is 15.1. The van der Waals surface area contributed by atoms with Crippen molar-refractivity contribution in [1.29, 1.82) is 0 Å². The molecule has 0 radical (unpaired) electrons. The largest absolute Gasteiger partial charge is 0.135 e. The molecule has 13 aromatic rings. The number of rotatable bonds is 6. The summed E-state index contributed by atoms with van der Waals surface area (Å²) >= 11 is 3.85. The van der Waals surface area contributed by atoms with Crippen molar-refractivity contribution in [1.82, 2.24) is 0 Å². The van der Waals surface area contributed by atoms with Gasteiger partial charge in [-0.3, -0.25) is 0 Å². The number of hydrogen-bond donors (Lipinski definition) is 0. The van der Waals surface area contributed by atoms with Crippen LogP contribution < -0.4 is 0 Å². The lowest BCUT2D eigenvalue weighted by Crippen LogP contribution is -2.03. The van der Waals surface area contributed by atoms with E-state index in [4.69, 9.17) is 0 Å². The molecule has 0 bridgehead atoms. The fraction of sp³-hybridized carbons (Fsp3) is 0.0541. The molecule has 1 unspecified atom stereocenters. The molecule has 0 spiro atoms. The Labute approximate surface area is 450 Å². The highest BCUT2D eigenvalue weighted by molar-refractivity contribution is 7.99. The van der Waals surface area contributed by atoms with Crippen molar-refractivity contribution in [2.75, 3.05) is 0 Å². The standard InChI is InChI=1S/C74H48S2/c1-3-16-47(17-4-1)69-54-20-7-11-24-58(54)71(59-25-12-8-21-55(59)69)49-34-30-45(31-35-49)51-38-40-53-64-44-68-73(63-28-15-29-65(74(63)64)75-66(53)42-51)62-41-39-52(43-67(62)76-68)46-32-36-50(37-33-46)72-60-26-13-9-22-56(60)70(48-18-5-2-6-19-48)57-23-10-14-27-61(57)72/h1,3-5,7-36,38-44,50H,2,6,37H2. The predicted octanol–water partition coefficient (Wildman–Crippen LogP) is 21.8. The average molecular weight is 1000 g/mol. The molecule has 0 saturated carbocycles. The third kappa shape index (κ3) is 6.84. The van der Waals surface area contributed by atoms with Gasteiger partial charge in [0.05, 0.1) is 0 Å². The van der Waals surface area contributed by atoms with Crippen LogP contribution in [0.25, 0.3) is 130 Å². The molecule has 3 aliphatic rings. The van der Waals surface area contributed by atoms with Crippen LogP contribution in [0.4, 0.5) is 0 Å². The molecule has 1 aromatic heterocycles. The minimum Gasteiger partial charge on any atom is -0.135 e. The first-order chi connectivity index (χ1) is 37.7. The van der Waals surface area contributed by atoms with E-state index in [1.807, 2.05) is 23.1 Å². The summed E-state index contributed by atoms with van der Waals surface area (Å²) in [6, 6.07) is 79.9. The Morgan fingerprint density at radius 1 is 0.342 bits per heavy atom. The Kier molecular flexibility index (Phi) is 10.1. The van der Waals surface area contributed by atoms with Gasteiger partial charge >= 0.3 is 0 Å². The van der Waals surface area contributed by atoms with E-state index in [2.05, 4.69) is 249 Å². The Hall–Kier alpha value is -8.53. The van der Waals surface area contributed by atoms with Crippen LogP contribution in [-0.4, -0.2) is 0 Å². The first-order valence-corrected chi connectivity index (χ1v) is 28.4. The monoisotopic (exact) mass is 1000 g/mol. The van der Waals surface area contributed by atoms with Gasteiger partial charge in [-0.1, -0.05) is 236 Å². The van der Waals surface area contributed by atoms with Crippen LogP contribution in [0, 0.1) is 0 Å². The molecule has 1 atom stereocenters. The number of allylic oxidation sites excluding steroid dienone is 8. The van der Waals surface area contributed by atoms with Gasteiger partial charge in [0, 0.05) is 41.3 Å². The van der Waals surface area contributed by atoms with Gasteiger partial charge in [0.15, 0.2) is 0 Å². The van der Waals surface area contributed by atoms with E-state index in [-0.39, 0.29) is 0 Å². The summed E-state index contributed by atoms with van der Waals surface area (Å²) in [4.78, 5) is 2.64. The van der Waals surface area contributed by atoms with Crippen LogP contribution in [-0.2, 0) is 0 Å². The summed E-state index contributed by atoms with van der Waals surface area (Å²) in [6.45, 7) is 0. The van der Waals surface area contributed by atoms with Crippen LogP contribution in [0.3, 0.4) is 0 Å². The summed E-state index contributed by atoms with van der Waals surface area (Å²) in [6.07, 6.45) is 17.6. The van der Waals surface area contributed by atoms with Crippen molar-refractivity contribution in [2.24, 2.45) is 0 Å². The molecule has 0 saturated heterocycles. The maximum atomic E-state index is 2.49. The molecule has 356 valence electrons. The Bertz CT molecular complexity index is 4620. The van der Waals surface area contributed by atoms with Gasteiger partial charge in [0.2, 0.25) is 0 Å². The Morgan fingerprint density at radius 3 is 1.58 bits per heavy atom. The fourth-order valence-electron chi connectivity index (χ4n) is 13.2. The highest BCUT2D eigenvalue weighted by atomic mass is 32.2. The molecule has 0 N–H and O–H groups in total. The quantitative estimate of drug-likeness (QED) is 0.150. The van der Waals surface area contributed by atoms with Crippen molar-refractivity contribution < 1.29 is 0 Å². The maximum absolute atomic E-state index is 2.49. The van der Waals surface area contributed by atoms with E-state index in [0.717, 1.165) is 19.3 Å². The molecular formula is C74H48S2. The van der Waals surface area contributed by atoms with Crippen molar-refractivity contribution in [3.05, 3.63) is 265 Å². The van der Waals surface area contributed by atoms with Crippen LogP contribution in [0.2, 0.25) is 0 Å². The van der Waals surface area contributed by atoms with Gasteiger partial charge in [-0.25, -0.2) is 0 Å². The Morgan fingerprint density at radius 2 is 0.934 bits per heavy atom.